The van der Waals surface area contributed by atoms with Crippen LogP contribution >= 0.6 is 11.3 Å². The van der Waals surface area contributed by atoms with Gasteiger partial charge in [-0.3, -0.25) is 10.0 Å². The minimum absolute atomic E-state index is 0.392. The van der Waals surface area contributed by atoms with Gasteiger partial charge in [-0.25, -0.2) is 15.4 Å². The van der Waals surface area contributed by atoms with Gasteiger partial charge in [-0.15, -0.1) is 11.3 Å². The summed E-state index contributed by atoms with van der Waals surface area (Å²) in [6.07, 6.45) is 3.56. The van der Waals surface area contributed by atoms with Crippen LogP contribution in [0.3, 0.4) is 0 Å². The number of aromatic nitrogens is 2. The molecule has 0 aliphatic carbocycles. The zero-order valence-electron chi connectivity index (χ0n) is 14.2. The van der Waals surface area contributed by atoms with Gasteiger partial charge in [0.15, 0.2) is 0 Å². The monoisotopic (exact) mass is 376 g/mol. The Labute approximate surface area is 159 Å². The number of nitrogens with zero attached hydrogens (tertiary/aromatic N) is 3. The van der Waals surface area contributed by atoms with E-state index in [1.54, 1.807) is 41.3 Å². The second-order valence-electron chi connectivity index (χ2n) is 5.88. The molecule has 1 aromatic carbocycles. The molecule has 0 radical (unpaired) electrons. The molecule has 3 aromatic heterocycles. The number of anilines is 2. The van der Waals surface area contributed by atoms with Crippen LogP contribution in [-0.4, -0.2) is 21.1 Å². The Morgan fingerprint density at radius 2 is 1.89 bits per heavy atom. The van der Waals surface area contributed by atoms with Crippen molar-refractivity contribution in [3.63, 3.8) is 0 Å². The molecular formula is C20H16N4O2S. The molecule has 0 unspecified atom stereocenters. The van der Waals surface area contributed by atoms with E-state index >= 15 is 0 Å². The Hall–Kier alpha value is -3.29. The summed E-state index contributed by atoms with van der Waals surface area (Å²) in [6, 6.07) is 16.9. The number of nitrogens with one attached hydrogen (secondary N) is 1. The lowest BCUT2D eigenvalue weighted by Crippen LogP contribution is -2.20. The predicted molar refractivity (Wildman–Crippen MR) is 105 cm³/mol. The number of hydrogen-bond acceptors (Lipinski definition) is 6. The van der Waals surface area contributed by atoms with E-state index in [-0.39, 0.29) is 0 Å². The topological polar surface area (TPSA) is 78.4 Å². The number of carbonyl (C=O) groups is 1. The summed E-state index contributed by atoms with van der Waals surface area (Å²) < 4.78 is 1.16. The molecule has 2 N–H and O–H groups in total. The van der Waals surface area contributed by atoms with Crippen molar-refractivity contribution < 1.29 is 10.0 Å². The van der Waals surface area contributed by atoms with Gasteiger partial charge in [0, 0.05) is 28.0 Å². The number of hydroxylamine groups is 1. The molecule has 0 aliphatic rings. The van der Waals surface area contributed by atoms with E-state index in [2.05, 4.69) is 26.3 Å². The summed E-state index contributed by atoms with van der Waals surface area (Å²) in [7, 11) is 0. The lowest BCUT2D eigenvalue weighted by molar-refractivity contribution is 0.0706. The van der Waals surface area contributed by atoms with Crippen LogP contribution in [0.25, 0.3) is 10.1 Å². The average molecular weight is 376 g/mol. The Morgan fingerprint density at radius 1 is 1.04 bits per heavy atom. The molecule has 0 atom stereocenters. The predicted octanol–water partition coefficient (Wildman–Crippen LogP) is 4.15. The first-order chi connectivity index (χ1) is 13.3. The first-order valence-corrected chi connectivity index (χ1v) is 9.18. The maximum atomic E-state index is 11.5. The molecule has 0 bridgehead atoms. The van der Waals surface area contributed by atoms with Crippen molar-refractivity contribution >= 4 is 39.0 Å². The largest absolute Gasteiger partial charge is 0.306 e. The summed E-state index contributed by atoms with van der Waals surface area (Å²) in [5.74, 6) is 1.10. The normalized spacial score (nSPS) is 10.7. The third-order valence-corrected chi connectivity index (χ3v) is 5.08. The SMILES string of the molecule is O=C(NO)c1ccc(CN(c2ccccn2)c2nccc3sccc23)cc1. The van der Waals surface area contributed by atoms with Crippen molar-refractivity contribution in [2.45, 2.75) is 6.54 Å². The highest BCUT2D eigenvalue weighted by Gasteiger charge is 2.16. The molecule has 0 saturated carbocycles. The van der Waals surface area contributed by atoms with Gasteiger partial charge in [0.05, 0.1) is 6.54 Å². The third-order valence-electron chi connectivity index (χ3n) is 4.20. The molecule has 0 fully saturated rings. The molecule has 7 heteroatoms. The van der Waals surface area contributed by atoms with Gasteiger partial charge in [0.2, 0.25) is 0 Å². The standard InChI is InChI=1S/C20H16N4O2S/c25-20(23-26)15-6-4-14(5-7-15)13-24(18-3-1-2-10-21-18)19-16-9-12-27-17(16)8-11-22-19/h1-12,26H,13H2,(H,23,25). The van der Waals surface area contributed by atoms with E-state index < -0.39 is 5.91 Å². The van der Waals surface area contributed by atoms with Crippen LogP contribution in [0.2, 0.25) is 0 Å². The molecule has 4 rings (SSSR count). The van der Waals surface area contributed by atoms with Gasteiger partial charge >= 0.3 is 0 Å². The van der Waals surface area contributed by atoms with Gasteiger partial charge in [-0.2, -0.15) is 0 Å². The Morgan fingerprint density at radius 3 is 2.63 bits per heavy atom. The van der Waals surface area contributed by atoms with E-state index in [9.17, 15) is 4.79 Å². The van der Waals surface area contributed by atoms with Crippen LogP contribution < -0.4 is 10.4 Å². The average Bonchev–Trinajstić information content (AvgIpc) is 3.22. The van der Waals surface area contributed by atoms with E-state index in [0.717, 1.165) is 27.3 Å². The molecule has 0 saturated heterocycles. The van der Waals surface area contributed by atoms with E-state index in [0.29, 0.717) is 12.1 Å². The fraction of sp³-hybridized carbons (Fsp3) is 0.0500. The lowest BCUT2D eigenvalue weighted by atomic mass is 10.1. The molecule has 1 amide bonds. The maximum Gasteiger partial charge on any atom is 0.274 e. The lowest BCUT2D eigenvalue weighted by Gasteiger charge is -2.23. The summed E-state index contributed by atoms with van der Waals surface area (Å²) in [6.45, 7) is 0.542. The molecule has 0 aliphatic heterocycles. The zero-order valence-corrected chi connectivity index (χ0v) is 15.1. The van der Waals surface area contributed by atoms with E-state index in [1.807, 2.05) is 36.4 Å². The van der Waals surface area contributed by atoms with Crippen molar-refractivity contribution in [3.8, 4) is 0 Å². The summed E-state index contributed by atoms with van der Waals surface area (Å²) >= 11 is 1.67. The highest BCUT2D eigenvalue weighted by Crippen LogP contribution is 2.33. The maximum absolute atomic E-state index is 11.5. The van der Waals surface area contributed by atoms with Gasteiger partial charge < -0.3 is 4.90 Å². The third kappa shape index (κ3) is 3.51. The molecule has 3 heterocycles. The van der Waals surface area contributed by atoms with Crippen LogP contribution in [0.5, 0.6) is 0 Å². The number of benzene rings is 1. The number of pyridine rings is 2. The molecule has 134 valence electrons. The van der Waals surface area contributed by atoms with Crippen LogP contribution in [0.15, 0.2) is 72.4 Å². The molecule has 27 heavy (non-hydrogen) atoms. The van der Waals surface area contributed by atoms with Crippen molar-refractivity contribution in [3.05, 3.63) is 83.5 Å². The van der Waals surface area contributed by atoms with E-state index in [1.165, 1.54) is 0 Å². The van der Waals surface area contributed by atoms with Crippen molar-refractivity contribution in [2.24, 2.45) is 0 Å². The van der Waals surface area contributed by atoms with Crippen molar-refractivity contribution in [2.75, 3.05) is 4.90 Å². The molecular weight excluding hydrogens is 360 g/mol. The molecule has 4 aromatic rings. The summed E-state index contributed by atoms with van der Waals surface area (Å²) in [5, 5.41) is 11.9. The number of thiophene rings is 1. The number of rotatable bonds is 5. The highest BCUT2D eigenvalue weighted by atomic mass is 32.1. The summed E-state index contributed by atoms with van der Waals surface area (Å²) in [4.78, 5) is 22.7. The zero-order chi connectivity index (χ0) is 18.6. The Kier molecular flexibility index (Phi) is 4.78. The smallest absolute Gasteiger partial charge is 0.274 e. The van der Waals surface area contributed by atoms with Gasteiger partial charge in [0.25, 0.3) is 5.91 Å². The second-order valence-corrected chi connectivity index (χ2v) is 6.83. The van der Waals surface area contributed by atoms with Gasteiger partial charge in [0.1, 0.15) is 11.6 Å². The quantitative estimate of drug-likeness (QED) is 0.404. The van der Waals surface area contributed by atoms with Crippen LogP contribution in [-0.2, 0) is 6.54 Å². The fourth-order valence-corrected chi connectivity index (χ4v) is 3.66. The fourth-order valence-electron chi connectivity index (χ4n) is 2.88. The summed E-state index contributed by atoms with van der Waals surface area (Å²) in [5.41, 5.74) is 3.02. The first-order valence-electron chi connectivity index (χ1n) is 8.30. The number of hydrogen-bond donors (Lipinski definition) is 2. The van der Waals surface area contributed by atoms with Crippen molar-refractivity contribution in [1.82, 2.24) is 15.4 Å². The minimum Gasteiger partial charge on any atom is -0.306 e. The number of amides is 1. The van der Waals surface area contributed by atoms with Crippen LogP contribution in [0.4, 0.5) is 11.6 Å². The second kappa shape index (κ2) is 7.53. The number of fused-ring (bicyclic) bond motifs is 1. The van der Waals surface area contributed by atoms with Crippen molar-refractivity contribution in [1.29, 1.82) is 0 Å². The first kappa shape index (κ1) is 17.1. The highest BCUT2D eigenvalue weighted by molar-refractivity contribution is 7.17. The van der Waals surface area contributed by atoms with Crippen LogP contribution in [0, 0.1) is 0 Å². The van der Waals surface area contributed by atoms with Gasteiger partial charge in [-0.1, -0.05) is 18.2 Å². The minimum atomic E-state index is -0.534. The number of carbonyl (C=O) groups excluding carboxylic acids is 1. The Bertz CT molecular complexity index is 1060. The molecule has 0 spiro atoms. The van der Waals surface area contributed by atoms with Crippen LogP contribution in [0.1, 0.15) is 15.9 Å². The molecule has 6 nitrogen and oxygen atoms in total. The van der Waals surface area contributed by atoms with Gasteiger partial charge in [-0.05, 0) is 47.3 Å². The van der Waals surface area contributed by atoms with E-state index in [4.69, 9.17) is 5.21 Å². The Balaban J connectivity index is 1.73.